The van der Waals surface area contributed by atoms with Crippen LogP contribution >= 0.6 is 11.6 Å². The number of carbonyl (C=O) groups is 3. The number of hydrogen-bond acceptors (Lipinski definition) is 6. The van der Waals surface area contributed by atoms with E-state index >= 15 is 0 Å². The molecule has 0 aliphatic carbocycles. The predicted molar refractivity (Wildman–Crippen MR) is 121 cm³/mol. The highest BCUT2D eigenvalue weighted by Gasteiger charge is 2.71. The molecule has 3 N–H and O–H groups in total. The topological polar surface area (TPSA) is 108 Å². The number of aliphatic hydroxyl groups is 1. The van der Waals surface area contributed by atoms with Crippen molar-refractivity contribution in [2.45, 2.75) is 38.1 Å². The molecule has 0 aromatic heterocycles. The molecule has 2 saturated heterocycles. The minimum Gasteiger partial charge on any atom is -0.497 e. The number of rotatable bonds is 4. The van der Waals surface area contributed by atoms with Crippen LogP contribution in [-0.2, 0) is 26.5 Å². The van der Waals surface area contributed by atoms with Gasteiger partial charge in [0.15, 0.2) is 0 Å². The average molecular weight is 470 g/mol. The molecule has 0 saturated carbocycles. The average Bonchev–Trinajstić information content (AvgIpc) is 3.36. The maximum atomic E-state index is 13.7. The zero-order chi connectivity index (χ0) is 23.7. The lowest BCUT2D eigenvalue weighted by atomic mass is 9.76. The number of likely N-dealkylation sites (tertiary alicyclic amines) is 1. The molecule has 8 nitrogen and oxygen atoms in total. The van der Waals surface area contributed by atoms with Crippen LogP contribution in [0.2, 0.25) is 5.02 Å². The summed E-state index contributed by atoms with van der Waals surface area (Å²) in [7, 11) is 1.56. The number of ether oxygens (including phenoxy) is 1. The fraction of sp³-hybridized carbons (Fsp3) is 0.375. The van der Waals surface area contributed by atoms with Crippen LogP contribution < -0.4 is 15.4 Å². The van der Waals surface area contributed by atoms with Crippen molar-refractivity contribution in [2.24, 2.45) is 11.8 Å². The highest BCUT2D eigenvalue weighted by Crippen LogP contribution is 2.54. The lowest BCUT2D eigenvalue weighted by molar-refractivity contribution is -0.143. The number of anilines is 1. The zero-order valence-electron chi connectivity index (χ0n) is 18.4. The van der Waals surface area contributed by atoms with Crippen molar-refractivity contribution in [3.63, 3.8) is 0 Å². The van der Waals surface area contributed by atoms with Crippen LogP contribution in [0.15, 0.2) is 36.4 Å². The number of amides is 3. The van der Waals surface area contributed by atoms with E-state index in [0.29, 0.717) is 22.0 Å². The summed E-state index contributed by atoms with van der Waals surface area (Å²) in [5, 5.41) is 17.0. The maximum absolute atomic E-state index is 13.7. The molecule has 3 amide bonds. The fourth-order valence-corrected chi connectivity index (χ4v) is 5.78. The standard InChI is InChI=1S/C24H24ClN3O5/c1-11-8-14(25)9-16-19(11)26-23(32)24(16)18-17(20(27-24)12(2)29)21(30)28(22(18)31)10-13-4-6-15(33-3)7-5-13/h4-9,12,17-18,20,27,29H,10H2,1-3H3,(H,26,32)/t12-,17-,18-,20-,24-/m0/s1. The Morgan fingerprint density at radius 1 is 1.18 bits per heavy atom. The minimum atomic E-state index is -1.49. The van der Waals surface area contributed by atoms with Gasteiger partial charge in [0, 0.05) is 22.3 Å². The van der Waals surface area contributed by atoms with E-state index in [2.05, 4.69) is 10.6 Å². The van der Waals surface area contributed by atoms with Crippen molar-refractivity contribution < 1.29 is 24.2 Å². The summed E-state index contributed by atoms with van der Waals surface area (Å²) in [5.41, 5.74) is 1.13. The number of methoxy groups -OCH3 is 1. The molecule has 172 valence electrons. The first-order valence-electron chi connectivity index (χ1n) is 10.7. The quantitative estimate of drug-likeness (QED) is 0.591. The van der Waals surface area contributed by atoms with Gasteiger partial charge in [-0.25, -0.2) is 0 Å². The third-order valence-electron chi connectivity index (χ3n) is 7.03. The van der Waals surface area contributed by atoms with Gasteiger partial charge in [-0.1, -0.05) is 23.7 Å². The molecule has 3 aliphatic rings. The molecule has 3 heterocycles. The highest BCUT2D eigenvalue weighted by atomic mass is 35.5. The summed E-state index contributed by atoms with van der Waals surface area (Å²) in [6, 6.07) is 9.70. The number of carbonyl (C=O) groups excluding carboxylic acids is 3. The number of hydrogen-bond donors (Lipinski definition) is 3. The van der Waals surface area contributed by atoms with E-state index in [1.54, 1.807) is 50.4 Å². The molecule has 0 bridgehead atoms. The van der Waals surface area contributed by atoms with Gasteiger partial charge in [-0.05, 0) is 49.2 Å². The van der Waals surface area contributed by atoms with Crippen LogP contribution in [0.4, 0.5) is 5.69 Å². The van der Waals surface area contributed by atoms with Gasteiger partial charge in [-0.2, -0.15) is 0 Å². The molecule has 2 aromatic carbocycles. The molecule has 9 heteroatoms. The lowest BCUT2D eigenvalue weighted by Crippen LogP contribution is -2.54. The Hall–Kier alpha value is -2.94. The molecule has 3 aliphatic heterocycles. The van der Waals surface area contributed by atoms with E-state index in [0.717, 1.165) is 11.1 Å². The number of benzene rings is 2. The molecule has 33 heavy (non-hydrogen) atoms. The van der Waals surface area contributed by atoms with Gasteiger partial charge in [-0.15, -0.1) is 0 Å². The normalized spacial score (nSPS) is 28.8. The van der Waals surface area contributed by atoms with E-state index < -0.39 is 47.2 Å². The van der Waals surface area contributed by atoms with E-state index in [1.807, 2.05) is 6.92 Å². The Morgan fingerprint density at radius 3 is 2.52 bits per heavy atom. The second-order valence-corrected chi connectivity index (χ2v) is 9.37. The first-order valence-corrected chi connectivity index (χ1v) is 11.1. The number of halogens is 1. The molecular weight excluding hydrogens is 446 g/mol. The minimum absolute atomic E-state index is 0.0698. The number of aryl methyl sites for hydroxylation is 1. The summed E-state index contributed by atoms with van der Waals surface area (Å²) < 4.78 is 5.17. The Labute approximate surface area is 195 Å². The van der Waals surface area contributed by atoms with E-state index in [1.165, 1.54) is 4.90 Å². The van der Waals surface area contributed by atoms with E-state index in [9.17, 15) is 19.5 Å². The van der Waals surface area contributed by atoms with Crippen molar-refractivity contribution in [2.75, 3.05) is 12.4 Å². The second kappa shape index (κ2) is 7.55. The summed E-state index contributed by atoms with van der Waals surface area (Å²) in [6.07, 6.45) is -0.966. The van der Waals surface area contributed by atoms with E-state index in [4.69, 9.17) is 16.3 Å². The van der Waals surface area contributed by atoms with E-state index in [-0.39, 0.29) is 6.54 Å². The van der Waals surface area contributed by atoms with Crippen LogP contribution in [0.1, 0.15) is 23.6 Å². The summed E-state index contributed by atoms with van der Waals surface area (Å²) in [6.45, 7) is 3.44. The SMILES string of the molecule is COc1ccc(CN2C(=O)[C@@H]3[C@H]([C@H](C)O)N[C@]4(C(=O)Nc5c(C)cc(Cl)cc54)[C@@H]3C2=O)cc1. The summed E-state index contributed by atoms with van der Waals surface area (Å²) >= 11 is 6.32. The zero-order valence-corrected chi connectivity index (χ0v) is 19.1. The number of aliphatic hydroxyl groups excluding tert-OH is 1. The Bertz CT molecular complexity index is 1180. The lowest BCUT2D eigenvalue weighted by Gasteiger charge is -2.30. The Morgan fingerprint density at radius 2 is 1.88 bits per heavy atom. The van der Waals surface area contributed by atoms with Crippen molar-refractivity contribution >= 4 is 35.0 Å². The highest BCUT2D eigenvalue weighted by molar-refractivity contribution is 6.31. The first kappa shape index (κ1) is 21.9. The van der Waals surface area contributed by atoms with Crippen molar-refractivity contribution in [3.8, 4) is 5.75 Å². The molecule has 2 fully saturated rings. The molecular formula is C24H24ClN3O5. The molecule has 5 rings (SSSR count). The maximum Gasteiger partial charge on any atom is 0.250 e. The smallest absolute Gasteiger partial charge is 0.250 e. The number of nitrogens with one attached hydrogen (secondary N) is 2. The predicted octanol–water partition coefficient (Wildman–Crippen LogP) is 1.96. The van der Waals surface area contributed by atoms with Gasteiger partial charge in [-0.3, -0.25) is 24.6 Å². The largest absolute Gasteiger partial charge is 0.497 e. The molecule has 2 aromatic rings. The summed E-state index contributed by atoms with van der Waals surface area (Å²) in [4.78, 5) is 41.8. The van der Waals surface area contributed by atoms with Gasteiger partial charge in [0.05, 0.1) is 31.6 Å². The van der Waals surface area contributed by atoms with Gasteiger partial charge in [0.1, 0.15) is 11.3 Å². The van der Waals surface area contributed by atoms with Gasteiger partial charge in [0.2, 0.25) is 17.7 Å². The van der Waals surface area contributed by atoms with Crippen molar-refractivity contribution in [1.29, 1.82) is 0 Å². The molecule has 0 unspecified atom stereocenters. The molecule has 0 radical (unpaired) electrons. The third kappa shape index (κ3) is 3.01. The molecule has 5 atom stereocenters. The number of fused-ring (bicyclic) bond motifs is 4. The first-order chi connectivity index (χ1) is 15.7. The second-order valence-electron chi connectivity index (χ2n) is 8.93. The van der Waals surface area contributed by atoms with Crippen molar-refractivity contribution in [3.05, 3.63) is 58.1 Å². The van der Waals surface area contributed by atoms with Crippen LogP contribution in [0.5, 0.6) is 5.75 Å². The van der Waals surface area contributed by atoms with Crippen LogP contribution in [0, 0.1) is 18.8 Å². The van der Waals surface area contributed by atoms with Crippen LogP contribution in [0.25, 0.3) is 0 Å². The van der Waals surface area contributed by atoms with Crippen molar-refractivity contribution in [1.82, 2.24) is 10.2 Å². The van der Waals surface area contributed by atoms with Gasteiger partial charge >= 0.3 is 0 Å². The Balaban J connectivity index is 1.60. The Kier molecular flexibility index (Phi) is 5.00. The molecule has 1 spiro atoms. The van der Waals surface area contributed by atoms with Gasteiger partial charge in [0.25, 0.3) is 0 Å². The monoisotopic (exact) mass is 469 g/mol. The van der Waals surface area contributed by atoms with Crippen LogP contribution in [-0.4, -0.2) is 47.0 Å². The van der Waals surface area contributed by atoms with Crippen LogP contribution in [0.3, 0.4) is 0 Å². The fourth-order valence-electron chi connectivity index (χ4n) is 5.51. The third-order valence-corrected chi connectivity index (χ3v) is 7.25. The number of nitrogens with zero attached hydrogens (tertiary/aromatic N) is 1. The van der Waals surface area contributed by atoms with Gasteiger partial charge < -0.3 is 15.2 Å². The summed E-state index contributed by atoms with van der Waals surface area (Å²) in [5.74, 6) is -2.49. The number of imide groups is 1.